The topological polar surface area (TPSA) is 75.3 Å². The number of carbonyl (C=O) groups excluding carboxylic acids is 1. The number of hydrogen-bond donors (Lipinski definition) is 3. The molecule has 4 nitrogen and oxygen atoms in total. The minimum atomic E-state index is -1.05. The number of hydrogen-bond acceptors (Lipinski definition) is 3. The molecule has 2 atom stereocenters. The van der Waals surface area contributed by atoms with Crippen molar-refractivity contribution < 1.29 is 9.90 Å². The molecular weight excluding hydrogens is 228 g/mol. The highest BCUT2D eigenvalue weighted by atomic mass is 16.3. The van der Waals surface area contributed by atoms with Crippen LogP contribution in [0.2, 0.25) is 0 Å². The average molecular weight is 256 g/mol. The van der Waals surface area contributed by atoms with Gasteiger partial charge in [0.15, 0.2) is 0 Å². The first-order valence-electron chi connectivity index (χ1n) is 7.39. The Hall–Kier alpha value is -0.610. The van der Waals surface area contributed by atoms with Gasteiger partial charge in [0.2, 0.25) is 0 Å². The van der Waals surface area contributed by atoms with E-state index in [2.05, 4.69) is 12.2 Å². The second-order valence-corrected chi connectivity index (χ2v) is 5.45. The molecule has 1 rings (SSSR count). The van der Waals surface area contributed by atoms with Crippen LogP contribution in [0.5, 0.6) is 0 Å². The molecule has 4 N–H and O–H groups in total. The predicted octanol–water partition coefficient (Wildman–Crippen LogP) is 1.70. The molecular formula is C14H28N2O2. The fourth-order valence-corrected chi connectivity index (χ4v) is 2.52. The maximum Gasteiger partial charge on any atom is 0.250 e. The zero-order valence-corrected chi connectivity index (χ0v) is 11.5. The Balaban J connectivity index is 2.25. The molecule has 0 heterocycles. The third-order valence-electron chi connectivity index (χ3n) is 3.77. The van der Waals surface area contributed by atoms with Crippen molar-refractivity contribution in [3.05, 3.63) is 0 Å². The van der Waals surface area contributed by atoms with Gasteiger partial charge in [0.1, 0.15) is 6.10 Å². The molecule has 0 bridgehead atoms. The fraction of sp³-hybridized carbons (Fsp3) is 0.929. The van der Waals surface area contributed by atoms with E-state index in [9.17, 15) is 9.90 Å². The van der Waals surface area contributed by atoms with Gasteiger partial charge < -0.3 is 16.2 Å². The zero-order valence-electron chi connectivity index (χ0n) is 11.5. The van der Waals surface area contributed by atoms with Crippen molar-refractivity contribution in [2.45, 2.75) is 82.9 Å². The lowest BCUT2D eigenvalue weighted by Crippen LogP contribution is -2.49. The molecule has 1 aliphatic carbocycles. The third-order valence-corrected chi connectivity index (χ3v) is 3.77. The molecule has 0 aliphatic heterocycles. The number of nitrogens with two attached hydrogens (primary N) is 1. The number of unbranched alkanes of at least 4 members (excludes halogenated alkanes) is 2. The molecule has 0 spiro atoms. The normalized spacial score (nSPS) is 20.4. The Morgan fingerprint density at radius 2 is 2.00 bits per heavy atom. The van der Waals surface area contributed by atoms with Crippen molar-refractivity contribution in [2.24, 2.45) is 5.73 Å². The number of aliphatic hydroxyl groups is 1. The second-order valence-electron chi connectivity index (χ2n) is 5.45. The van der Waals surface area contributed by atoms with Crippen LogP contribution in [0.3, 0.4) is 0 Å². The van der Waals surface area contributed by atoms with E-state index in [-0.39, 0.29) is 11.9 Å². The van der Waals surface area contributed by atoms with E-state index in [1.54, 1.807) is 0 Å². The van der Waals surface area contributed by atoms with Gasteiger partial charge in [0, 0.05) is 12.1 Å². The first-order valence-corrected chi connectivity index (χ1v) is 7.39. The summed E-state index contributed by atoms with van der Waals surface area (Å²) in [6.07, 6.45) is 8.52. The van der Waals surface area contributed by atoms with E-state index >= 15 is 0 Å². The van der Waals surface area contributed by atoms with Crippen molar-refractivity contribution in [1.29, 1.82) is 0 Å². The summed E-state index contributed by atoms with van der Waals surface area (Å²) in [6, 6.07) is -0.191. The standard InChI is InChI=1S/C14H28N2O2/c1-2-3-5-10-12(15)13(17)14(18)16-11-8-6-4-7-9-11/h11-13,17H,2-10,15H2,1H3,(H,16,18)/t12-,13-/m0/s1. The van der Waals surface area contributed by atoms with E-state index in [4.69, 9.17) is 5.73 Å². The highest BCUT2D eigenvalue weighted by molar-refractivity contribution is 5.81. The van der Waals surface area contributed by atoms with Gasteiger partial charge in [-0.2, -0.15) is 0 Å². The molecule has 0 radical (unpaired) electrons. The molecule has 0 aromatic heterocycles. The summed E-state index contributed by atoms with van der Waals surface area (Å²) in [7, 11) is 0. The van der Waals surface area contributed by atoms with Crippen molar-refractivity contribution in [3.8, 4) is 0 Å². The van der Waals surface area contributed by atoms with E-state index in [0.29, 0.717) is 6.42 Å². The summed E-state index contributed by atoms with van der Waals surface area (Å²) in [4.78, 5) is 11.8. The maximum absolute atomic E-state index is 11.8. The molecule has 4 heteroatoms. The Morgan fingerprint density at radius 1 is 1.33 bits per heavy atom. The van der Waals surface area contributed by atoms with Crippen LogP contribution in [-0.4, -0.2) is 29.2 Å². The van der Waals surface area contributed by atoms with Crippen molar-refractivity contribution in [3.63, 3.8) is 0 Å². The summed E-state index contributed by atoms with van der Waals surface area (Å²) in [5, 5.41) is 12.8. The Labute approximate surface area is 110 Å². The lowest BCUT2D eigenvalue weighted by atomic mass is 9.95. The Bertz CT molecular complexity index is 240. The van der Waals surface area contributed by atoms with Crippen LogP contribution in [0.15, 0.2) is 0 Å². The molecule has 1 amide bonds. The van der Waals surface area contributed by atoms with Crippen LogP contribution in [0.1, 0.15) is 64.7 Å². The van der Waals surface area contributed by atoms with Crippen molar-refractivity contribution >= 4 is 5.91 Å². The first kappa shape index (κ1) is 15.4. The molecule has 1 aliphatic rings. The number of carbonyl (C=O) groups is 1. The monoisotopic (exact) mass is 256 g/mol. The van der Waals surface area contributed by atoms with Gasteiger partial charge in [-0.25, -0.2) is 0 Å². The van der Waals surface area contributed by atoms with Gasteiger partial charge in [-0.05, 0) is 19.3 Å². The average Bonchev–Trinajstić information content (AvgIpc) is 2.39. The van der Waals surface area contributed by atoms with E-state index in [1.807, 2.05) is 0 Å². The highest BCUT2D eigenvalue weighted by Gasteiger charge is 2.25. The van der Waals surface area contributed by atoms with Crippen LogP contribution in [0, 0.1) is 0 Å². The fourth-order valence-electron chi connectivity index (χ4n) is 2.52. The Morgan fingerprint density at radius 3 is 2.61 bits per heavy atom. The third kappa shape index (κ3) is 5.36. The lowest BCUT2D eigenvalue weighted by Gasteiger charge is -2.25. The predicted molar refractivity (Wildman–Crippen MR) is 73.1 cm³/mol. The van der Waals surface area contributed by atoms with Crippen LogP contribution >= 0.6 is 0 Å². The van der Waals surface area contributed by atoms with E-state index < -0.39 is 12.1 Å². The summed E-state index contributed by atoms with van der Waals surface area (Å²) < 4.78 is 0. The molecule has 0 saturated heterocycles. The summed E-state index contributed by atoms with van der Waals surface area (Å²) >= 11 is 0. The molecule has 1 fully saturated rings. The van der Waals surface area contributed by atoms with Crippen molar-refractivity contribution in [1.82, 2.24) is 5.32 Å². The number of aliphatic hydroxyl groups excluding tert-OH is 1. The zero-order chi connectivity index (χ0) is 13.4. The molecule has 0 aromatic rings. The molecule has 0 unspecified atom stereocenters. The van der Waals surface area contributed by atoms with E-state index in [0.717, 1.165) is 32.1 Å². The van der Waals surface area contributed by atoms with Crippen LogP contribution < -0.4 is 11.1 Å². The minimum Gasteiger partial charge on any atom is -0.382 e. The molecule has 106 valence electrons. The number of amides is 1. The van der Waals surface area contributed by atoms with Gasteiger partial charge in [-0.3, -0.25) is 4.79 Å². The van der Waals surface area contributed by atoms with Gasteiger partial charge in [0.25, 0.3) is 5.91 Å². The van der Waals surface area contributed by atoms with Crippen LogP contribution in [-0.2, 0) is 4.79 Å². The second kappa shape index (κ2) is 8.48. The van der Waals surface area contributed by atoms with Crippen molar-refractivity contribution in [2.75, 3.05) is 0 Å². The summed E-state index contributed by atoms with van der Waals surface area (Å²) in [5.74, 6) is -0.286. The van der Waals surface area contributed by atoms with Gasteiger partial charge in [0.05, 0.1) is 0 Å². The lowest BCUT2D eigenvalue weighted by molar-refractivity contribution is -0.131. The van der Waals surface area contributed by atoms with Gasteiger partial charge in [-0.15, -0.1) is 0 Å². The van der Waals surface area contributed by atoms with Crippen LogP contribution in [0.4, 0.5) is 0 Å². The summed E-state index contributed by atoms with van der Waals surface area (Å²) in [6.45, 7) is 2.12. The molecule has 1 saturated carbocycles. The Kier molecular flexibility index (Phi) is 7.28. The van der Waals surface area contributed by atoms with E-state index in [1.165, 1.54) is 19.3 Å². The SMILES string of the molecule is CCCCC[C@H](N)[C@H](O)C(=O)NC1CCCCC1. The first-order chi connectivity index (χ1) is 8.65. The largest absolute Gasteiger partial charge is 0.382 e. The van der Waals surface area contributed by atoms with Crippen LogP contribution in [0.25, 0.3) is 0 Å². The number of rotatable bonds is 7. The molecule has 0 aromatic carbocycles. The highest BCUT2D eigenvalue weighted by Crippen LogP contribution is 2.17. The quantitative estimate of drug-likeness (QED) is 0.607. The number of nitrogens with one attached hydrogen (secondary N) is 1. The minimum absolute atomic E-state index is 0.240. The maximum atomic E-state index is 11.8. The van der Waals surface area contributed by atoms with Gasteiger partial charge >= 0.3 is 0 Å². The molecule has 18 heavy (non-hydrogen) atoms. The smallest absolute Gasteiger partial charge is 0.250 e. The summed E-state index contributed by atoms with van der Waals surface area (Å²) in [5.41, 5.74) is 5.85. The van der Waals surface area contributed by atoms with Gasteiger partial charge in [-0.1, -0.05) is 45.4 Å².